The lowest BCUT2D eigenvalue weighted by Gasteiger charge is -2.26. The zero-order valence-electron chi connectivity index (χ0n) is 18.1. The molecule has 1 fully saturated rings. The van der Waals surface area contributed by atoms with E-state index in [1.807, 2.05) is 24.3 Å². The number of aromatic amines is 1. The van der Waals surface area contributed by atoms with Gasteiger partial charge < -0.3 is 14.6 Å². The molecule has 1 saturated heterocycles. The highest BCUT2D eigenvalue weighted by molar-refractivity contribution is 6.21. The van der Waals surface area contributed by atoms with E-state index in [4.69, 9.17) is 4.74 Å². The van der Waals surface area contributed by atoms with Crippen molar-refractivity contribution in [2.45, 2.75) is 19.0 Å². The van der Waals surface area contributed by atoms with Crippen molar-refractivity contribution in [2.24, 2.45) is 0 Å². The summed E-state index contributed by atoms with van der Waals surface area (Å²) in [5.74, 6) is -13.0. The molecule has 1 atom stereocenters. The molecule has 11 heteroatoms. The molecule has 0 aliphatic carbocycles. The number of rotatable bonds is 3. The Balaban J connectivity index is 1.27. The molecule has 2 aliphatic heterocycles. The van der Waals surface area contributed by atoms with Gasteiger partial charge in [-0.3, -0.25) is 4.79 Å². The molecular weight excluding hydrogens is 485 g/mol. The Labute approximate surface area is 199 Å². The van der Waals surface area contributed by atoms with Crippen LogP contribution in [-0.2, 0) is 17.8 Å². The lowest BCUT2D eigenvalue weighted by molar-refractivity contribution is -0.120. The molecule has 6 rings (SSSR count). The summed E-state index contributed by atoms with van der Waals surface area (Å²) < 4.78 is 72.9. The number of urea groups is 1. The fraction of sp³-hybridized carbons (Fsp3) is 0.120. The number of hydrogen-bond donors (Lipinski definition) is 1. The van der Waals surface area contributed by atoms with Crippen LogP contribution in [0.1, 0.15) is 11.3 Å². The van der Waals surface area contributed by atoms with Crippen LogP contribution in [0.2, 0.25) is 0 Å². The molecule has 0 unspecified atom stereocenters. The standard InChI is InChI=1S/C25H14F5N3O3/c26-18-19(27)21(29)23(22(30)20(18)28)36-12-7-5-11(6-8-12)33-24(34)17-9-14-13-3-1-2-4-15(13)31-16(14)10-32(17)25(33)35/h1-8,17,31H,9-10H2/t17-/m0/s1. The van der Waals surface area contributed by atoms with Gasteiger partial charge in [0.05, 0.1) is 12.2 Å². The number of fused-ring (bicyclic) bond motifs is 4. The number of carbonyl (C=O) groups is 2. The van der Waals surface area contributed by atoms with E-state index in [0.29, 0.717) is 6.42 Å². The lowest BCUT2D eigenvalue weighted by Crippen LogP contribution is -2.39. The van der Waals surface area contributed by atoms with Crippen LogP contribution in [0, 0.1) is 29.1 Å². The molecule has 1 aromatic heterocycles. The van der Waals surface area contributed by atoms with Gasteiger partial charge in [-0.05, 0) is 35.9 Å². The Hall–Kier alpha value is -4.41. The number of H-pyrrole nitrogens is 1. The van der Waals surface area contributed by atoms with Gasteiger partial charge in [-0.2, -0.15) is 8.78 Å². The van der Waals surface area contributed by atoms with Gasteiger partial charge in [-0.15, -0.1) is 0 Å². The summed E-state index contributed by atoms with van der Waals surface area (Å²) in [6.07, 6.45) is 0.335. The average molecular weight is 499 g/mol. The zero-order chi connectivity index (χ0) is 25.3. The summed E-state index contributed by atoms with van der Waals surface area (Å²) in [5, 5.41) is 0.987. The van der Waals surface area contributed by atoms with Gasteiger partial charge in [0.25, 0.3) is 5.91 Å². The number of nitrogens with zero attached hydrogens (tertiary/aromatic N) is 2. The molecule has 6 nitrogen and oxygen atoms in total. The zero-order valence-corrected chi connectivity index (χ0v) is 18.1. The Morgan fingerprint density at radius 2 is 1.47 bits per heavy atom. The summed E-state index contributed by atoms with van der Waals surface area (Å²) in [5.41, 5.74) is 2.91. The fourth-order valence-corrected chi connectivity index (χ4v) is 4.69. The largest absolute Gasteiger partial charge is 0.451 e. The third-order valence-corrected chi connectivity index (χ3v) is 6.43. The summed E-state index contributed by atoms with van der Waals surface area (Å²) in [4.78, 5) is 32.0. The molecule has 1 N–H and O–H groups in total. The molecule has 3 aromatic carbocycles. The van der Waals surface area contributed by atoms with Crippen molar-refractivity contribution < 1.29 is 36.3 Å². The third kappa shape index (κ3) is 3.08. The van der Waals surface area contributed by atoms with Crippen LogP contribution < -0.4 is 9.64 Å². The van der Waals surface area contributed by atoms with Crippen molar-refractivity contribution in [3.05, 3.63) is 88.9 Å². The van der Waals surface area contributed by atoms with Gasteiger partial charge in [0.2, 0.25) is 34.8 Å². The molecule has 0 saturated carbocycles. The Bertz CT molecular complexity index is 1560. The summed E-state index contributed by atoms with van der Waals surface area (Å²) in [6, 6.07) is 11.3. The number of carbonyl (C=O) groups excluding carboxylic acids is 2. The van der Waals surface area contributed by atoms with Crippen LogP contribution in [0.5, 0.6) is 11.5 Å². The van der Waals surface area contributed by atoms with Crippen LogP contribution in [0.4, 0.5) is 32.4 Å². The van der Waals surface area contributed by atoms with Crippen molar-refractivity contribution in [3.8, 4) is 11.5 Å². The highest BCUT2D eigenvalue weighted by Gasteiger charge is 2.48. The predicted octanol–water partition coefficient (Wildman–Crippen LogP) is 5.55. The normalized spacial score (nSPS) is 17.1. The Kier molecular flexibility index (Phi) is 4.79. The van der Waals surface area contributed by atoms with E-state index < -0.39 is 52.8 Å². The van der Waals surface area contributed by atoms with E-state index in [2.05, 4.69) is 4.98 Å². The van der Waals surface area contributed by atoms with Gasteiger partial charge in [0, 0.05) is 23.0 Å². The van der Waals surface area contributed by atoms with Crippen LogP contribution in [0.25, 0.3) is 10.9 Å². The summed E-state index contributed by atoms with van der Waals surface area (Å²) >= 11 is 0. The predicted molar refractivity (Wildman–Crippen MR) is 117 cm³/mol. The molecular formula is C25H14F5N3O3. The first kappa shape index (κ1) is 22.1. The number of aromatic nitrogens is 1. The van der Waals surface area contributed by atoms with E-state index in [0.717, 1.165) is 39.2 Å². The molecule has 0 spiro atoms. The monoisotopic (exact) mass is 499 g/mol. The second-order valence-electron chi connectivity index (χ2n) is 8.43. The number of para-hydroxylation sites is 1. The quantitative estimate of drug-likeness (QED) is 0.174. The maximum absolute atomic E-state index is 13.9. The molecule has 4 aromatic rings. The maximum Gasteiger partial charge on any atom is 0.332 e. The van der Waals surface area contributed by atoms with E-state index in [1.165, 1.54) is 17.0 Å². The van der Waals surface area contributed by atoms with Gasteiger partial charge in [-0.25, -0.2) is 22.9 Å². The molecule has 0 radical (unpaired) electrons. The second kappa shape index (κ2) is 7.80. The Morgan fingerprint density at radius 3 is 2.17 bits per heavy atom. The topological polar surface area (TPSA) is 65.6 Å². The van der Waals surface area contributed by atoms with E-state index in [1.54, 1.807) is 0 Å². The van der Waals surface area contributed by atoms with Gasteiger partial charge >= 0.3 is 6.03 Å². The van der Waals surface area contributed by atoms with Crippen LogP contribution in [0.3, 0.4) is 0 Å². The van der Waals surface area contributed by atoms with Crippen molar-refractivity contribution >= 4 is 28.5 Å². The highest BCUT2D eigenvalue weighted by atomic mass is 19.2. The molecule has 2 aliphatic rings. The van der Waals surface area contributed by atoms with Crippen LogP contribution >= 0.6 is 0 Å². The number of ether oxygens (including phenoxy) is 1. The molecule has 0 bridgehead atoms. The highest BCUT2D eigenvalue weighted by Crippen LogP contribution is 2.37. The van der Waals surface area contributed by atoms with Gasteiger partial charge in [0.1, 0.15) is 11.8 Å². The van der Waals surface area contributed by atoms with E-state index >= 15 is 0 Å². The minimum atomic E-state index is -2.30. The van der Waals surface area contributed by atoms with E-state index in [9.17, 15) is 31.5 Å². The van der Waals surface area contributed by atoms with Crippen molar-refractivity contribution in [3.63, 3.8) is 0 Å². The van der Waals surface area contributed by atoms with Crippen LogP contribution in [0.15, 0.2) is 48.5 Å². The molecule has 3 amide bonds. The van der Waals surface area contributed by atoms with Gasteiger partial charge in [0.15, 0.2) is 0 Å². The molecule has 182 valence electrons. The lowest BCUT2D eigenvalue weighted by atomic mass is 9.97. The van der Waals surface area contributed by atoms with Crippen molar-refractivity contribution in [1.29, 1.82) is 0 Å². The fourth-order valence-electron chi connectivity index (χ4n) is 4.69. The number of nitrogens with one attached hydrogen (secondary N) is 1. The number of imide groups is 1. The Morgan fingerprint density at radius 1 is 0.833 bits per heavy atom. The number of hydrogen-bond acceptors (Lipinski definition) is 3. The third-order valence-electron chi connectivity index (χ3n) is 6.43. The van der Waals surface area contributed by atoms with Crippen molar-refractivity contribution in [1.82, 2.24) is 9.88 Å². The first-order valence-electron chi connectivity index (χ1n) is 10.8. The average Bonchev–Trinajstić information content (AvgIpc) is 3.37. The number of amides is 3. The van der Waals surface area contributed by atoms with Crippen LogP contribution in [-0.4, -0.2) is 27.9 Å². The number of halogens is 5. The first-order valence-corrected chi connectivity index (χ1v) is 10.8. The minimum Gasteiger partial charge on any atom is -0.451 e. The molecule has 36 heavy (non-hydrogen) atoms. The molecule has 3 heterocycles. The van der Waals surface area contributed by atoms with E-state index in [-0.39, 0.29) is 18.0 Å². The summed E-state index contributed by atoms with van der Waals surface area (Å²) in [6.45, 7) is 0.219. The minimum absolute atomic E-state index is 0.165. The SMILES string of the molecule is O=C1[C@@H]2Cc3c([nH]c4ccccc34)CN2C(=O)N1c1ccc(Oc2c(F)c(F)c(F)c(F)c2F)cc1. The number of anilines is 1. The maximum atomic E-state index is 13.9. The first-order chi connectivity index (χ1) is 17.3. The summed E-state index contributed by atoms with van der Waals surface area (Å²) in [7, 11) is 0. The second-order valence-corrected chi connectivity index (χ2v) is 8.43. The smallest absolute Gasteiger partial charge is 0.332 e. The van der Waals surface area contributed by atoms with Crippen molar-refractivity contribution in [2.75, 3.05) is 4.90 Å². The van der Waals surface area contributed by atoms with Gasteiger partial charge in [-0.1, -0.05) is 18.2 Å². The number of benzene rings is 3.